The van der Waals surface area contributed by atoms with Gasteiger partial charge >= 0.3 is 5.97 Å². The van der Waals surface area contributed by atoms with Crippen molar-refractivity contribution in [1.29, 1.82) is 0 Å². The zero-order valence-electron chi connectivity index (χ0n) is 11.4. The summed E-state index contributed by atoms with van der Waals surface area (Å²) in [5.74, 6) is -1.12. The van der Waals surface area contributed by atoms with Crippen LogP contribution < -0.4 is 5.32 Å². The Labute approximate surface area is 122 Å². The van der Waals surface area contributed by atoms with Gasteiger partial charge in [0.05, 0.1) is 6.04 Å². The molecule has 5 nitrogen and oxygen atoms in total. The first-order valence-electron chi connectivity index (χ1n) is 6.64. The fourth-order valence-corrected chi connectivity index (χ4v) is 2.02. The number of aliphatic carboxylic acids is 1. The molecule has 0 aliphatic rings. The molecule has 0 aliphatic carbocycles. The van der Waals surface area contributed by atoms with Crippen molar-refractivity contribution in [3.8, 4) is 0 Å². The highest BCUT2D eigenvalue weighted by Crippen LogP contribution is 2.19. The number of carbonyl (C=O) groups excluding carboxylic acids is 1. The molecule has 0 radical (unpaired) electrons. The topological polar surface area (TPSA) is 79.3 Å². The van der Waals surface area contributed by atoms with E-state index in [1.807, 2.05) is 30.3 Å². The lowest BCUT2D eigenvalue weighted by atomic mass is 10.0. The molecule has 0 saturated heterocycles. The van der Waals surface area contributed by atoms with Gasteiger partial charge in [-0.05, 0) is 24.1 Å². The maximum atomic E-state index is 12.2. The monoisotopic (exact) mass is 284 g/mol. The molecule has 1 atom stereocenters. The molecule has 1 heterocycles. The molecular formula is C16H16N2O3. The quantitative estimate of drug-likeness (QED) is 0.853. The number of pyridine rings is 1. The van der Waals surface area contributed by atoms with Crippen molar-refractivity contribution in [2.75, 3.05) is 0 Å². The van der Waals surface area contributed by atoms with Gasteiger partial charge < -0.3 is 10.4 Å². The Kier molecular flexibility index (Phi) is 5.04. The summed E-state index contributed by atoms with van der Waals surface area (Å²) < 4.78 is 0. The SMILES string of the molecule is O=C(O)CCC(NC(=O)c1ccncc1)c1ccccc1. The van der Waals surface area contributed by atoms with Crippen LogP contribution in [0.1, 0.15) is 34.8 Å². The number of nitrogens with zero attached hydrogens (tertiary/aromatic N) is 1. The van der Waals surface area contributed by atoms with Gasteiger partial charge in [-0.1, -0.05) is 30.3 Å². The molecule has 0 fully saturated rings. The number of rotatable bonds is 6. The van der Waals surface area contributed by atoms with E-state index < -0.39 is 5.97 Å². The van der Waals surface area contributed by atoms with Crippen LogP contribution >= 0.6 is 0 Å². The Morgan fingerprint density at radius 3 is 2.38 bits per heavy atom. The Hall–Kier alpha value is -2.69. The highest BCUT2D eigenvalue weighted by atomic mass is 16.4. The largest absolute Gasteiger partial charge is 0.481 e. The number of carbonyl (C=O) groups is 2. The van der Waals surface area contributed by atoms with Crippen molar-refractivity contribution in [3.63, 3.8) is 0 Å². The summed E-state index contributed by atoms with van der Waals surface area (Å²) >= 11 is 0. The van der Waals surface area contributed by atoms with Crippen molar-refractivity contribution in [1.82, 2.24) is 10.3 Å². The normalized spacial score (nSPS) is 11.6. The number of carboxylic acid groups (broad SMARTS) is 1. The summed E-state index contributed by atoms with van der Waals surface area (Å²) in [5.41, 5.74) is 1.39. The highest BCUT2D eigenvalue weighted by Gasteiger charge is 2.16. The zero-order chi connectivity index (χ0) is 15.1. The van der Waals surface area contributed by atoms with Crippen molar-refractivity contribution >= 4 is 11.9 Å². The van der Waals surface area contributed by atoms with Crippen LogP contribution in [0.15, 0.2) is 54.9 Å². The lowest BCUT2D eigenvalue weighted by Crippen LogP contribution is -2.29. The molecule has 21 heavy (non-hydrogen) atoms. The average Bonchev–Trinajstić information content (AvgIpc) is 2.52. The van der Waals surface area contributed by atoms with Crippen LogP contribution in [0.2, 0.25) is 0 Å². The van der Waals surface area contributed by atoms with E-state index in [1.165, 1.54) is 0 Å². The Balaban J connectivity index is 2.12. The van der Waals surface area contributed by atoms with Gasteiger partial charge in [0.2, 0.25) is 0 Å². The number of amides is 1. The Morgan fingerprint density at radius 1 is 1.10 bits per heavy atom. The summed E-state index contributed by atoms with van der Waals surface area (Å²) in [5, 5.41) is 11.7. The van der Waals surface area contributed by atoms with Gasteiger partial charge in [0, 0.05) is 24.4 Å². The van der Waals surface area contributed by atoms with Crippen molar-refractivity contribution in [3.05, 3.63) is 66.0 Å². The van der Waals surface area contributed by atoms with E-state index in [0.717, 1.165) is 5.56 Å². The standard InChI is InChI=1S/C16H16N2O3/c19-15(20)7-6-14(12-4-2-1-3-5-12)18-16(21)13-8-10-17-11-9-13/h1-5,8-11,14H,6-7H2,(H,18,21)(H,19,20). The minimum atomic E-state index is -0.880. The number of aromatic nitrogens is 1. The Morgan fingerprint density at radius 2 is 1.76 bits per heavy atom. The molecule has 2 aromatic rings. The number of hydrogen-bond acceptors (Lipinski definition) is 3. The number of carboxylic acids is 1. The fraction of sp³-hybridized carbons (Fsp3) is 0.188. The van der Waals surface area contributed by atoms with Gasteiger partial charge in [-0.25, -0.2) is 0 Å². The summed E-state index contributed by atoms with van der Waals surface area (Å²) in [6.45, 7) is 0. The molecule has 0 spiro atoms. The third-order valence-electron chi connectivity index (χ3n) is 3.10. The Bertz CT molecular complexity index is 599. The smallest absolute Gasteiger partial charge is 0.303 e. The average molecular weight is 284 g/mol. The van der Waals surface area contributed by atoms with Crippen LogP contribution in [0, 0.1) is 0 Å². The molecule has 0 saturated carbocycles. The van der Waals surface area contributed by atoms with Gasteiger partial charge in [-0.15, -0.1) is 0 Å². The first-order chi connectivity index (χ1) is 10.2. The first-order valence-corrected chi connectivity index (χ1v) is 6.64. The van der Waals surface area contributed by atoms with Crippen LogP contribution in [-0.4, -0.2) is 22.0 Å². The van der Waals surface area contributed by atoms with Crippen LogP contribution in [0.3, 0.4) is 0 Å². The van der Waals surface area contributed by atoms with Crippen LogP contribution in [-0.2, 0) is 4.79 Å². The summed E-state index contributed by atoms with van der Waals surface area (Å²) in [4.78, 5) is 26.8. The van der Waals surface area contributed by atoms with Crippen LogP contribution in [0.25, 0.3) is 0 Å². The molecule has 1 amide bonds. The molecule has 0 aliphatic heterocycles. The van der Waals surface area contributed by atoms with E-state index >= 15 is 0 Å². The molecule has 108 valence electrons. The molecule has 1 aromatic heterocycles. The minimum Gasteiger partial charge on any atom is -0.481 e. The predicted octanol–water partition coefficient (Wildman–Crippen LogP) is 2.42. The lowest BCUT2D eigenvalue weighted by molar-refractivity contribution is -0.137. The van der Waals surface area contributed by atoms with Gasteiger partial charge in [0.15, 0.2) is 0 Å². The molecule has 0 bridgehead atoms. The second kappa shape index (κ2) is 7.19. The number of nitrogens with one attached hydrogen (secondary N) is 1. The van der Waals surface area contributed by atoms with Crippen LogP contribution in [0.4, 0.5) is 0 Å². The van der Waals surface area contributed by atoms with E-state index in [1.54, 1.807) is 24.5 Å². The van der Waals surface area contributed by atoms with Crippen molar-refractivity contribution < 1.29 is 14.7 Å². The second-order valence-electron chi connectivity index (χ2n) is 4.61. The van der Waals surface area contributed by atoms with Gasteiger partial charge in [0.1, 0.15) is 0 Å². The maximum Gasteiger partial charge on any atom is 0.303 e. The molecule has 5 heteroatoms. The number of benzene rings is 1. The molecule has 1 unspecified atom stereocenters. The lowest BCUT2D eigenvalue weighted by Gasteiger charge is -2.18. The summed E-state index contributed by atoms with van der Waals surface area (Å²) in [6.07, 6.45) is 3.43. The van der Waals surface area contributed by atoms with E-state index in [9.17, 15) is 9.59 Å². The van der Waals surface area contributed by atoms with Crippen LogP contribution in [0.5, 0.6) is 0 Å². The second-order valence-corrected chi connectivity index (χ2v) is 4.61. The third kappa shape index (κ3) is 4.42. The van der Waals surface area contributed by atoms with E-state index in [-0.39, 0.29) is 18.4 Å². The molecule has 1 aromatic carbocycles. The van der Waals surface area contributed by atoms with Crippen molar-refractivity contribution in [2.45, 2.75) is 18.9 Å². The van der Waals surface area contributed by atoms with E-state index in [0.29, 0.717) is 12.0 Å². The summed E-state index contributed by atoms with van der Waals surface area (Å²) in [6, 6.07) is 12.3. The number of hydrogen-bond donors (Lipinski definition) is 2. The van der Waals surface area contributed by atoms with Gasteiger partial charge in [-0.2, -0.15) is 0 Å². The highest BCUT2D eigenvalue weighted by molar-refractivity contribution is 5.94. The predicted molar refractivity (Wildman–Crippen MR) is 77.8 cm³/mol. The molecule has 2 N–H and O–H groups in total. The minimum absolute atomic E-state index is 0.00378. The van der Waals surface area contributed by atoms with E-state index in [2.05, 4.69) is 10.3 Å². The molecule has 2 rings (SSSR count). The maximum absolute atomic E-state index is 12.2. The van der Waals surface area contributed by atoms with Gasteiger partial charge in [0.25, 0.3) is 5.91 Å². The summed E-state index contributed by atoms with van der Waals surface area (Å²) in [7, 11) is 0. The molecular weight excluding hydrogens is 268 g/mol. The van der Waals surface area contributed by atoms with Crippen molar-refractivity contribution in [2.24, 2.45) is 0 Å². The van der Waals surface area contributed by atoms with Gasteiger partial charge in [-0.3, -0.25) is 14.6 Å². The first kappa shape index (κ1) is 14.7. The fourth-order valence-electron chi connectivity index (χ4n) is 2.02. The zero-order valence-corrected chi connectivity index (χ0v) is 11.4. The third-order valence-corrected chi connectivity index (χ3v) is 3.10. The van der Waals surface area contributed by atoms with E-state index in [4.69, 9.17) is 5.11 Å².